The number of hydrazine groups is 1. The Kier molecular flexibility index (Phi) is 5.84. The van der Waals surface area contributed by atoms with Crippen molar-refractivity contribution in [1.82, 2.24) is 20.8 Å². The topological polar surface area (TPSA) is 87.1 Å². The van der Waals surface area contributed by atoms with Gasteiger partial charge in [0, 0.05) is 18.1 Å². The molecule has 7 heteroatoms. The quantitative estimate of drug-likeness (QED) is 0.529. The van der Waals surface area contributed by atoms with Crippen LogP contribution in [-0.2, 0) is 0 Å². The van der Waals surface area contributed by atoms with Gasteiger partial charge < -0.3 is 10.2 Å². The zero-order valence-corrected chi connectivity index (χ0v) is 15.0. The number of carbonyl (C=O) groups is 1. The highest BCUT2D eigenvalue weighted by Gasteiger charge is 2.39. The second kappa shape index (κ2) is 7.02. The first kappa shape index (κ1) is 18.3. The van der Waals surface area contributed by atoms with E-state index in [-0.39, 0.29) is 16.8 Å². The molecule has 0 radical (unpaired) electrons. The molecular weight excluding hydrogens is 296 g/mol. The number of nitrogens with one attached hydrogen (secondary N) is 2. The highest BCUT2D eigenvalue weighted by atomic mass is 28.4. The van der Waals surface area contributed by atoms with Crippen molar-refractivity contribution in [2.45, 2.75) is 45.3 Å². The van der Waals surface area contributed by atoms with Crippen molar-refractivity contribution in [2.75, 3.05) is 0 Å². The van der Waals surface area contributed by atoms with Gasteiger partial charge in [0.25, 0.3) is 0 Å². The molecular formula is C15H26N4O2Si. The van der Waals surface area contributed by atoms with Gasteiger partial charge >= 0.3 is 5.91 Å². The fourth-order valence-corrected chi connectivity index (χ4v) is 2.68. The fraction of sp³-hybridized carbons (Fsp3) is 0.533. The van der Waals surface area contributed by atoms with Gasteiger partial charge in [-0.15, -0.1) is 0 Å². The summed E-state index contributed by atoms with van der Waals surface area (Å²) in [5.74, 6) is -0.212. The number of carbonyl (C=O) groups excluding carboxylic acids is 1. The van der Waals surface area contributed by atoms with Crippen molar-refractivity contribution in [2.24, 2.45) is 5.92 Å². The third-order valence-electron chi connectivity index (χ3n) is 4.17. The predicted molar refractivity (Wildman–Crippen MR) is 89.3 cm³/mol. The van der Waals surface area contributed by atoms with E-state index in [1.165, 1.54) is 12.4 Å². The molecule has 0 saturated heterocycles. The Labute approximate surface area is 133 Å². The molecule has 1 rings (SSSR count). The van der Waals surface area contributed by atoms with Crippen LogP contribution in [0.4, 0.5) is 0 Å². The summed E-state index contributed by atoms with van der Waals surface area (Å²) in [5, 5.41) is -0.149. The summed E-state index contributed by atoms with van der Waals surface area (Å²) in [7, 11) is -2.27. The molecule has 1 atom stereocenters. The van der Waals surface area contributed by atoms with Crippen LogP contribution in [0.1, 0.15) is 37.8 Å². The Hall–Kier alpha value is -1.73. The highest BCUT2D eigenvalue weighted by Crippen LogP contribution is 2.42. The van der Waals surface area contributed by atoms with E-state index in [0.29, 0.717) is 5.70 Å². The largest absolute Gasteiger partial charge is 0.432 e. The van der Waals surface area contributed by atoms with Crippen LogP contribution in [0, 0.1) is 5.92 Å². The molecule has 6 nitrogen and oxygen atoms in total. The van der Waals surface area contributed by atoms with Crippen molar-refractivity contribution in [3.8, 4) is 0 Å². The molecule has 0 fully saturated rings. The lowest BCUT2D eigenvalue weighted by molar-refractivity contribution is 0.0926. The molecule has 1 aromatic rings. The number of aromatic nitrogens is 2. The van der Waals surface area contributed by atoms with E-state index in [0.717, 1.165) is 6.42 Å². The van der Waals surface area contributed by atoms with E-state index in [2.05, 4.69) is 41.2 Å². The molecule has 0 unspecified atom stereocenters. The Bertz CT molecular complexity index is 526. The standard InChI is InChI=1S/C15H26N4O2Si/c1-11(10-15(3,4)22(5,6)21)12(2)18-19-14(20)13-16-8-7-9-17-13/h7-9,11,18,21H,2,10H2,1,3-6H3,(H,19,20)/t11-/m0/s1. The maximum atomic E-state index is 11.8. The molecule has 0 aliphatic carbocycles. The van der Waals surface area contributed by atoms with Gasteiger partial charge in [-0.05, 0) is 36.5 Å². The number of nitrogens with zero attached hydrogens (tertiary/aromatic N) is 2. The third-order valence-corrected chi connectivity index (χ3v) is 7.69. The van der Waals surface area contributed by atoms with E-state index >= 15 is 0 Å². The van der Waals surface area contributed by atoms with Crippen molar-refractivity contribution in [3.05, 3.63) is 36.6 Å². The van der Waals surface area contributed by atoms with Gasteiger partial charge in [-0.3, -0.25) is 10.2 Å². The van der Waals surface area contributed by atoms with Gasteiger partial charge in [-0.2, -0.15) is 0 Å². The van der Waals surface area contributed by atoms with Crippen molar-refractivity contribution < 1.29 is 9.59 Å². The average Bonchev–Trinajstić information content (AvgIpc) is 2.43. The summed E-state index contributed by atoms with van der Waals surface area (Å²) in [6.45, 7) is 14.0. The summed E-state index contributed by atoms with van der Waals surface area (Å²) in [4.78, 5) is 29.9. The summed E-state index contributed by atoms with van der Waals surface area (Å²) >= 11 is 0. The van der Waals surface area contributed by atoms with Crippen LogP contribution in [0.3, 0.4) is 0 Å². The van der Waals surface area contributed by atoms with Gasteiger partial charge in [-0.25, -0.2) is 9.97 Å². The zero-order chi connectivity index (χ0) is 17.0. The van der Waals surface area contributed by atoms with Crippen molar-refractivity contribution >= 4 is 14.2 Å². The third kappa shape index (κ3) is 4.92. The Morgan fingerprint density at radius 3 is 2.41 bits per heavy atom. The summed E-state index contributed by atoms with van der Waals surface area (Å²) in [5.41, 5.74) is 6.04. The minimum Gasteiger partial charge on any atom is -0.432 e. The minimum absolute atomic E-state index is 0.0969. The van der Waals surface area contributed by atoms with Gasteiger partial charge in [0.15, 0.2) is 8.32 Å². The van der Waals surface area contributed by atoms with E-state index < -0.39 is 14.2 Å². The van der Waals surface area contributed by atoms with Crippen molar-refractivity contribution in [3.63, 3.8) is 0 Å². The molecule has 0 saturated carbocycles. The van der Waals surface area contributed by atoms with Crippen LogP contribution in [0.2, 0.25) is 18.1 Å². The lowest BCUT2D eigenvalue weighted by Gasteiger charge is -2.37. The Balaban J connectivity index is 2.54. The van der Waals surface area contributed by atoms with Crippen LogP contribution in [-0.4, -0.2) is 29.0 Å². The highest BCUT2D eigenvalue weighted by molar-refractivity contribution is 6.72. The first-order chi connectivity index (χ1) is 10.0. The summed E-state index contributed by atoms with van der Waals surface area (Å²) < 4.78 is 0. The minimum atomic E-state index is -2.27. The number of amides is 1. The normalized spacial score (nSPS) is 13.4. The van der Waals surface area contributed by atoms with Crippen molar-refractivity contribution in [1.29, 1.82) is 0 Å². The van der Waals surface area contributed by atoms with Crippen LogP contribution >= 0.6 is 0 Å². The number of rotatable bonds is 7. The van der Waals surface area contributed by atoms with E-state index in [4.69, 9.17) is 0 Å². The maximum Gasteiger partial charge on any atom is 0.307 e. The van der Waals surface area contributed by atoms with Crippen LogP contribution in [0.15, 0.2) is 30.7 Å². The molecule has 0 aromatic carbocycles. The molecule has 22 heavy (non-hydrogen) atoms. The van der Waals surface area contributed by atoms with Crippen LogP contribution in [0.5, 0.6) is 0 Å². The van der Waals surface area contributed by atoms with Gasteiger partial charge in [0.05, 0.1) is 0 Å². The second-order valence-corrected chi connectivity index (χ2v) is 11.2. The maximum absolute atomic E-state index is 11.8. The van der Waals surface area contributed by atoms with E-state index in [1.54, 1.807) is 6.07 Å². The SMILES string of the molecule is C=C(NNC(=O)c1ncccn1)[C@@H](C)CC(C)(C)[Si](C)(C)O. The van der Waals surface area contributed by atoms with E-state index in [9.17, 15) is 9.59 Å². The first-order valence-electron chi connectivity index (χ1n) is 7.29. The molecule has 3 N–H and O–H groups in total. The summed E-state index contributed by atoms with van der Waals surface area (Å²) in [6, 6.07) is 1.65. The number of allylic oxidation sites excluding steroid dienone is 1. The van der Waals surface area contributed by atoms with Crippen LogP contribution in [0.25, 0.3) is 0 Å². The molecule has 1 amide bonds. The molecule has 1 heterocycles. The van der Waals surface area contributed by atoms with Gasteiger partial charge in [0.1, 0.15) is 0 Å². The number of hydrogen-bond acceptors (Lipinski definition) is 5. The summed E-state index contributed by atoms with van der Waals surface area (Å²) in [6.07, 6.45) is 3.80. The fourth-order valence-electron chi connectivity index (χ4n) is 1.87. The molecule has 1 aromatic heterocycles. The monoisotopic (exact) mass is 322 g/mol. The molecule has 0 aliphatic heterocycles. The Morgan fingerprint density at radius 1 is 1.36 bits per heavy atom. The molecule has 0 bridgehead atoms. The predicted octanol–water partition coefficient (Wildman–Crippen LogP) is 2.23. The lowest BCUT2D eigenvalue weighted by Crippen LogP contribution is -2.42. The lowest BCUT2D eigenvalue weighted by atomic mass is 9.96. The van der Waals surface area contributed by atoms with Crippen LogP contribution < -0.4 is 10.9 Å². The zero-order valence-electron chi connectivity index (χ0n) is 14.0. The first-order valence-corrected chi connectivity index (χ1v) is 10.2. The number of hydrogen-bond donors (Lipinski definition) is 3. The van der Waals surface area contributed by atoms with Gasteiger partial charge in [0.2, 0.25) is 5.82 Å². The Morgan fingerprint density at radius 2 is 1.91 bits per heavy atom. The molecule has 0 aliphatic rings. The molecule has 0 spiro atoms. The average molecular weight is 322 g/mol. The van der Waals surface area contributed by atoms with E-state index in [1.807, 2.05) is 20.0 Å². The molecule has 122 valence electrons. The smallest absolute Gasteiger partial charge is 0.307 e. The van der Waals surface area contributed by atoms with Gasteiger partial charge in [-0.1, -0.05) is 27.4 Å². The second-order valence-electron chi connectivity index (χ2n) is 6.72.